The second kappa shape index (κ2) is 9.21. The van der Waals surface area contributed by atoms with Crippen molar-refractivity contribution in [3.8, 4) is 11.5 Å². The van der Waals surface area contributed by atoms with Crippen LogP contribution in [0.15, 0.2) is 18.2 Å². The van der Waals surface area contributed by atoms with Crippen LogP contribution in [-0.2, 0) is 0 Å². The van der Waals surface area contributed by atoms with Crippen LogP contribution < -0.4 is 14.8 Å². The highest BCUT2D eigenvalue weighted by molar-refractivity contribution is 7.98. The van der Waals surface area contributed by atoms with Crippen LogP contribution in [0.2, 0.25) is 0 Å². The summed E-state index contributed by atoms with van der Waals surface area (Å²) < 4.78 is 11.4. The van der Waals surface area contributed by atoms with Crippen LogP contribution in [0.3, 0.4) is 0 Å². The number of rotatable bonds is 8. The lowest BCUT2D eigenvalue weighted by Crippen LogP contribution is -2.19. The van der Waals surface area contributed by atoms with Gasteiger partial charge in [0.1, 0.15) is 0 Å². The molecule has 0 saturated carbocycles. The summed E-state index contributed by atoms with van der Waals surface area (Å²) >= 11 is 1.93. The van der Waals surface area contributed by atoms with Gasteiger partial charge in [0.2, 0.25) is 0 Å². The number of fused-ring (bicyclic) bond motifs is 1. The van der Waals surface area contributed by atoms with Crippen LogP contribution in [0.5, 0.6) is 11.5 Å². The Bertz CT molecular complexity index is 425. The normalized spacial score (nSPS) is 15.5. The Balaban J connectivity index is 1.79. The average Bonchev–Trinajstić information content (AvgIpc) is 2.75. The molecule has 1 aromatic rings. The molecule has 1 unspecified atom stereocenters. The Morgan fingerprint density at radius 1 is 1.14 bits per heavy atom. The number of ether oxygens (including phenoxy) is 2. The molecule has 0 aliphatic carbocycles. The molecule has 0 bridgehead atoms. The van der Waals surface area contributed by atoms with E-state index in [0.717, 1.165) is 37.7 Å². The lowest BCUT2D eigenvalue weighted by Gasteiger charge is -2.16. The van der Waals surface area contributed by atoms with Crippen molar-refractivity contribution in [3.63, 3.8) is 0 Å². The van der Waals surface area contributed by atoms with Crippen molar-refractivity contribution in [2.75, 3.05) is 31.8 Å². The van der Waals surface area contributed by atoms with Gasteiger partial charge in [-0.15, -0.1) is 0 Å². The van der Waals surface area contributed by atoms with E-state index < -0.39 is 0 Å². The summed E-state index contributed by atoms with van der Waals surface area (Å²) in [7, 11) is 0. The number of unbranched alkanes of at least 4 members (excludes halogenated alkanes) is 2. The minimum absolute atomic E-state index is 0.350. The van der Waals surface area contributed by atoms with Gasteiger partial charge in [-0.3, -0.25) is 0 Å². The summed E-state index contributed by atoms with van der Waals surface area (Å²) in [6, 6.07) is 6.64. The smallest absolute Gasteiger partial charge is 0.161 e. The van der Waals surface area contributed by atoms with Crippen LogP contribution in [0, 0.1) is 0 Å². The summed E-state index contributed by atoms with van der Waals surface area (Å²) in [4.78, 5) is 0. The summed E-state index contributed by atoms with van der Waals surface area (Å²) in [6.07, 6.45) is 7.00. The molecule has 4 heteroatoms. The molecule has 1 heterocycles. The largest absolute Gasteiger partial charge is 0.490 e. The molecule has 0 fully saturated rings. The molecule has 1 aromatic carbocycles. The quantitative estimate of drug-likeness (QED) is 0.734. The van der Waals surface area contributed by atoms with Crippen LogP contribution in [0.25, 0.3) is 0 Å². The first-order chi connectivity index (χ1) is 10.3. The first kappa shape index (κ1) is 16.5. The molecule has 1 aliphatic heterocycles. The summed E-state index contributed by atoms with van der Waals surface area (Å²) in [6.45, 7) is 4.77. The first-order valence-electron chi connectivity index (χ1n) is 7.93. The second-order valence-electron chi connectivity index (χ2n) is 5.49. The lowest BCUT2D eigenvalue weighted by molar-refractivity contribution is 0.297. The highest BCUT2D eigenvalue weighted by Crippen LogP contribution is 2.32. The molecule has 21 heavy (non-hydrogen) atoms. The van der Waals surface area contributed by atoms with Gasteiger partial charge in [0, 0.05) is 12.5 Å². The Morgan fingerprint density at radius 2 is 1.95 bits per heavy atom. The van der Waals surface area contributed by atoms with Gasteiger partial charge in [-0.25, -0.2) is 0 Å². The third kappa shape index (κ3) is 5.44. The SMILES string of the molecule is CSCCCCCNC(C)c1ccc2c(c1)OCCCO2. The summed E-state index contributed by atoms with van der Waals surface area (Å²) in [5, 5.41) is 3.60. The van der Waals surface area contributed by atoms with Gasteiger partial charge in [-0.05, 0) is 56.0 Å². The van der Waals surface area contributed by atoms with E-state index in [1.54, 1.807) is 0 Å². The average molecular weight is 309 g/mol. The zero-order chi connectivity index (χ0) is 14.9. The lowest BCUT2D eigenvalue weighted by atomic mass is 10.1. The van der Waals surface area contributed by atoms with Gasteiger partial charge < -0.3 is 14.8 Å². The van der Waals surface area contributed by atoms with Gasteiger partial charge >= 0.3 is 0 Å². The highest BCUT2D eigenvalue weighted by atomic mass is 32.2. The van der Waals surface area contributed by atoms with E-state index in [4.69, 9.17) is 9.47 Å². The van der Waals surface area contributed by atoms with Gasteiger partial charge in [0.05, 0.1) is 13.2 Å². The fraction of sp³-hybridized carbons (Fsp3) is 0.647. The van der Waals surface area contributed by atoms with E-state index in [1.165, 1.54) is 30.6 Å². The van der Waals surface area contributed by atoms with E-state index in [9.17, 15) is 0 Å². The summed E-state index contributed by atoms with van der Waals surface area (Å²) in [5.74, 6) is 3.04. The maximum atomic E-state index is 5.75. The van der Waals surface area contributed by atoms with Crippen molar-refractivity contribution < 1.29 is 9.47 Å². The van der Waals surface area contributed by atoms with Crippen molar-refractivity contribution in [1.29, 1.82) is 0 Å². The Labute approximate surface area is 132 Å². The molecule has 0 radical (unpaired) electrons. The molecular formula is C17H27NO2S. The van der Waals surface area contributed by atoms with Crippen LogP contribution in [0.1, 0.15) is 44.2 Å². The molecule has 118 valence electrons. The maximum absolute atomic E-state index is 5.75. The van der Waals surface area contributed by atoms with E-state index in [2.05, 4.69) is 30.6 Å². The molecule has 0 saturated heterocycles. The van der Waals surface area contributed by atoms with Crippen LogP contribution in [-0.4, -0.2) is 31.8 Å². The number of nitrogens with one attached hydrogen (secondary N) is 1. The predicted octanol–water partition coefficient (Wildman–Crippen LogP) is 4.03. The third-order valence-corrected chi connectivity index (χ3v) is 4.44. The van der Waals surface area contributed by atoms with Crippen LogP contribution in [0.4, 0.5) is 0 Å². The van der Waals surface area contributed by atoms with E-state index in [0.29, 0.717) is 6.04 Å². The fourth-order valence-electron chi connectivity index (χ4n) is 2.43. The van der Waals surface area contributed by atoms with Gasteiger partial charge in [0.25, 0.3) is 0 Å². The monoisotopic (exact) mass is 309 g/mol. The molecule has 0 aromatic heterocycles. The highest BCUT2D eigenvalue weighted by Gasteiger charge is 2.13. The van der Waals surface area contributed by atoms with Crippen molar-refractivity contribution >= 4 is 11.8 Å². The molecule has 3 nitrogen and oxygen atoms in total. The van der Waals surface area contributed by atoms with Crippen molar-refractivity contribution in [2.24, 2.45) is 0 Å². The fourth-order valence-corrected chi connectivity index (χ4v) is 2.93. The van der Waals surface area contributed by atoms with Gasteiger partial charge in [0.15, 0.2) is 11.5 Å². The Kier molecular flexibility index (Phi) is 7.24. The minimum atomic E-state index is 0.350. The molecule has 1 N–H and O–H groups in total. The number of hydrogen-bond donors (Lipinski definition) is 1. The first-order valence-corrected chi connectivity index (χ1v) is 9.32. The number of thioether (sulfide) groups is 1. The topological polar surface area (TPSA) is 30.5 Å². The van der Waals surface area contributed by atoms with E-state index >= 15 is 0 Å². The van der Waals surface area contributed by atoms with E-state index in [-0.39, 0.29) is 0 Å². The van der Waals surface area contributed by atoms with E-state index in [1.807, 2.05) is 17.8 Å². The number of benzene rings is 1. The molecular weight excluding hydrogens is 282 g/mol. The van der Waals surface area contributed by atoms with Crippen molar-refractivity contribution in [2.45, 2.75) is 38.6 Å². The maximum Gasteiger partial charge on any atom is 0.161 e. The molecule has 1 atom stereocenters. The van der Waals surface area contributed by atoms with Gasteiger partial charge in [-0.1, -0.05) is 12.5 Å². The molecule has 0 spiro atoms. The van der Waals surface area contributed by atoms with Crippen LogP contribution >= 0.6 is 11.8 Å². The van der Waals surface area contributed by atoms with Crippen molar-refractivity contribution in [1.82, 2.24) is 5.32 Å². The zero-order valence-electron chi connectivity index (χ0n) is 13.2. The zero-order valence-corrected chi connectivity index (χ0v) is 14.0. The summed E-state index contributed by atoms with van der Waals surface area (Å²) in [5.41, 5.74) is 1.27. The van der Waals surface area contributed by atoms with Gasteiger partial charge in [-0.2, -0.15) is 11.8 Å². The number of hydrogen-bond acceptors (Lipinski definition) is 4. The second-order valence-corrected chi connectivity index (χ2v) is 6.47. The Hall–Kier alpha value is -0.870. The molecule has 2 rings (SSSR count). The standard InChI is InChI=1S/C17H27NO2S/c1-14(18-9-4-3-5-12-21-2)15-7-8-16-17(13-15)20-11-6-10-19-16/h7-8,13-14,18H,3-6,9-12H2,1-2H3. The molecule has 1 aliphatic rings. The predicted molar refractivity (Wildman–Crippen MR) is 90.7 cm³/mol. The Morgan fingerprint density at radius 3 is 2.76 bits per heavy atom. The van der Waals surface area contributed by atoms with Crippen molar-refractivity contribution in [3.05, 3.63) is 23.8 Å². The molecule has 0 amide bonds. The third-order valence-electron chi connectivity index (χ3n) is 3.75. The minimum Gasteiger partial charge on any atom is -0.490 e.